The largest absolute Gasteiger partial charge is 0.388 e. The van der Waals surface area contributed by atoms with Gasteiger partial charge in [-0.05, 0) is 16.3 Å². The monoisotopic (exact) mass is 247 g/mol. The topological polar surface area (TPSA) is 72.6 Å². The Bertz CT molecular complexity index is 550. The van der Waals surface area contributed by atoms with Gasteiger partial charge < -0.3 is 9.94 Å². The predicted molar refractivity (Wildman–Crippen MR) is 66.5 cm³/mol. The van der Waals surface area contributed by atoms with Crippen molar-refractivity contribution < 1.29 is 15.0 Å². The van der Waals surface area contributed by atoms with E-state index in [9.17, 15) is 15.2 Å². The van der Waals surface area contributed by atoms with Gasteiger partial charge in [0, 0.05) is 6.42 Å². The third-order valence-electron chi connectivity index (χ3n) is 2.77. The van der Waals surface area contributed by atoms with E-state index in [4.69, 9.17) is 0 Å². The molecule has 0 saturated carbocycles. The summed E-state index contributed by atoms with van der Waals surface area (Å²) in [5.41, 5.74) is 0.764. The molecule has 0 heterocycles. The minimum absolute atomic E-state index is 0.114. The molecule has 0 aliphatic carbocycles. The summed E-state index contributed by atoms with van der Waals surface area (Å²) in [7, 11) is 0. The minimum Gasteiger partial charge on any atom is -0.388 e. The molecule has 0 aromatic heterocycles. The summed E-state index contributed by atoms with van der Waals surface area (Å²) >= 11 is 0. The van der Waals surface area contributed by atoms with Crippen molar-refractivity contribution in [1.82, 2.24) is 0 Å². The number of hydrogen-bond donors (Lipinski definition) is 1. The number of aliphatic hydroxyl groups excluding tert-OH is 1. The summed E-state index contributed by atoms with van der Waals surface area (Å²) in [6, 6.07) is 13.3. The lowest BCUT2D eigenvalue weighted by molar-refractivity contribution is -0.758. The quantitative estimate of drug-likeness (QED) is 0.650. The smallest absolute Gasteiger partial charge is 0.294 e. The van der Waals surface area contributed by atoms with Crippen molar-refractivity contribution in [2.45, 2.75) is 12.5 Å². The van der Waals surface area contributed by atoms with Gasteiger partial charge in [0.2, 0.25) is 0 Å². The highest BCUT2D eigenvalue weighted by Crippen LogP contribution is 2.25. The maximum Gasteiger partial charge on any atom is 0.294 e. The van der Waals surface area contributed by atoms with Crippen LogP contribution >= 0.6 is 0 Å². The predicted octanol–water partition coefficient (Wildman–Crippen LogP) is 2.47. The maximum absolute atomic E-state index is 10.0. The van der Waals surface area contributed by atoms with Crippen LogP contribution in [0.4, 0.5) is 0 Å². The van der Waals surface area contributed by atoms with Crippen molar-refractivity contribution in [3.8, 4) is 0 Å². The van der Waals surface area contributed by atoms with E-state index in [0.29, 0.717) is 0 Å². The SMILES string of the molecule is O=[N+]([O-])OCCC(O)c1cccc2ccccc12. The molecule has 2 aromatic rings. The van der Waals surface area contributed by atoms with Crippen LogP contribution in [-0.2, 0) is 4.84 Å². The summed E-state index contributed by atoms with van der Waals surface area (Å²) in [6.45, 7) is -0.114. The number of nitrogens with zero attached hydrogens (tertiary/aromatic N) is 1. The number of hydrogen-bond acceptors (Lipinski definition) is 4. The van der Waals surface area contributed by atoms with Crippen molar-refractivity contribution >= 4 is 10.8 Å². The van der Waals surface area contributed by atoms with Crippen LogP contribution in [0, 0.1) is 10.1 Å². The fourth-order valence-electron chi connectivity index (χ4n) is 1.94. The van der Waals surface area contributed by atoms with E-state index < -0.39 is 11.2 Å². The Hall–Kier alpha value is -2.14. The van der Waals surface area contributed by atoms with Crippen LogP contribution in [-0.4, -0.2) is 16.8 Å². The molecule has 0 bridgehead atoms. The molecule has 5 heteroatoms. The standard InChI is InChI=1S/C13H13NO4/c15-13(8-9-18-14(16)17)12-7-3-5-10-4-1-2-6-11(10)12/h1-7,13,15H,8-9H2. The molecule has 2 rings (SSSR count). The van der Waals surface area contributed by atoms with Crippen molar-refractivity contribution in [3.63, 3.8) is 0 Å². The van der Waals surface area contributed by atoms with E-state index in [1.54, 1.807) is 0 Å². The molecule has 1 atom stereocenters. The normalized spacial score (nSPS) is 12.3. The average molecular weight is 247 g/mol. The molecule has 0 fully saturated rings. The highest BCUT2D eigenvalue weighted by molar-refractivity contribution is 5.85. The van der Waals surface area contributed by atoms with E-state index in [1.807, 2.05) is 42.5 Å². The van der Waals surface area contributed by atoms with Crippen molar-refractivity contribution in [3.05, 3.63) is 58.1 Å². The Morgan fingerprint density at radius 1 is 1.22 bits per heavy atom. The van der Waals surface area contributed by atoms with Gasteiger partial charge in [-0.2, -0.15) is 0 Å². The van der Waals surface area contributed by atoms with Crippen LogP contribution < -0.4 is 0 Å². The highest BCUT2D eigenvalue weighted by atomic mass is 16.9. The lowest BCUT2D eigenvalue weighted by Crippen LogP contribution is -2.07. The molecule has 0 radical (unpaired) electrons. The molecule has 5 nitrogen and oxygen atoms in total. The van der Waals surface area contributed by atoms with E-state index in [1.165, 1.54) is 0 Å². The summed E-state index contributed by atoms with van der Waals surface area (Å²) < 4.78 is 0. The van der Waals surface area contributed by atoms with Gasteiger partial charge in [0.05, 0.1) is 12.7 Å². The van der Waals surface area contributed by atoms with Crippen LogP contribution in [0.2, 0.25) is 0 Å². The molecule has 0 aliphatic rings. The van der Waals surface area contributed by atoms with E-state index in [0.717, 1.165) is 16.3 Å². The van der Waals surface area contributed by atoms with Gasteiger partial charge in [-0.25, -0.2) is 0 Å². The van der Waals surface area contributed by atoms with Crippen molar-refractivity contribution in [2.75, 3.05) is 6.61 Å². The maximum atomic E-state index is 10.0. The zero-order chi connectivity index (χ0) is 13.0. The Labute approximate surface area is 104 Å². The Kier molecular flexibility index (Phi) is 3.74. The summed E-state index contributed by atoms with van der Waals surface area (Å²) in [4.78, 5) is 14.2. The summed E-state index contributed by atoms with van der Waals surface area (Å²) in [5, 5.41) is 21.2. The molecule has 0 saturated heterocycles. The number of benzene rings is 2. The first-order valence-corrected chi connectivity index (χ1v) is 5.61. The second-order valence-electron chi connectivity index (χ2n) is 3.93. The molecule has 0 amide bonds. The van der Waals surface area contributed by atoms with Crippen LogP contribution in [0.1, 0.15) is 18.1 Å². The molecule has 0 spiro atoms. The first kappa shape index (κ1) is 12.3. The number of fused-ring (bicyclic) bond motifs is 1. The minimum atomic E-state index is -0.851. The third kappa shape index (κ3) is 2.75. The Balaban J connectivity index is 2.17. The number of rotatable bonds is 5. The van der Waals surface area contributed by atoms with E-state index in [-0.39, 0.29) is 13.0 Å². The van der Waals surface area contributed by atoms with Gasteiger partial charge in [0.15, 0.2) is 0 Å². The zero-order valence-electron chi connectivity index (χ0n) is 9.65. The van der Waals surface area contributed by atoms with Crippen LogP contribution in [0.15, 0.2) is 42.5 Å². The zero-order valence-corrected chi connectivity index (χ0v) is 9.65. The molecular weight excluding hydrogens is 234 g/mol. The van der Waals surface area contributed by atoms with Gasteiger partial charge in [-0.15, -0.1) is 10.1 Å². The van der Waals surface area contributed by atoms with Crippen LogP contribution in [0.25, 0.3) is 10.8 Å². The highest BCUT2D eigenvalue weighted by Gasteiger charge is 2.11. The van der Waals surface area contributed by atoms with Gasteiger partial charge in [-0.1, -0.05) is 42.5 Å². The van der Waals surface area contributed by atoms with Gasteiger partial charge in [-0.3, -0.25) is 0 Å². The van der Waals surface area contributed by atoms with E-state index >= 15 is 0 Å². The van der Waals surface area contributed by atoms with Gasteiger partial charge >= 0.3 is 0 Å². The second-order valence-corrected chi connectivity index (χ2v) is 3.93. The number of aliphatic hydroxyl groups is 1. The second kappa shape index (κ2) is 5.46. The van der Waals surface area contributed by atoms with Gasteiger partial charge in [0.25, 0.3) is 5.09 Å². The molecule has 1 unspecified atom stereocenters. The fourth-order valence-corrected chi connectivity index (χ4v) is 1.94. The fraction of sp³-hybridized carbons (Fsp3) is 0.231. The Morgan fingerprint density at radius 3 is 2.72 bits per heavy atom. The lowest BCUT2D eigenvalue weighted by Gasteiger charge is -2.13. The molecule has 2 aromatic carbocycles. The van der Waals surface area contributed by atoms with Gasteiger partial charge in [0.1, 0.15) is 0 Å². The average Bonchev–Trinajstić information content (AvgIpc) is 2.37. The molecule has 1 N–H and O–H groups in total. The Morgan fingerprint density at radius 2 is 1.94 bits per heavy atom. The molecule has 94 valence electrons. The third-order valence-corrected chi connectivity index (χ3v) is 2.77. The first-order valence-electron chi connectivity index (χ1n) is 5.61. The summed E-state index contributed by atoms with van der Waals surface area (Å²) in [6.07, 6.45) is -0.578. The lowest BCUT2D eigenvalue weighted by atomic mass is 9.99. The van der Waals surface area contributed by atoms with Crippen LogP contribution in [0.3, 0.4) is 0 Å². The van der Waals surface area contributed by atoms with E-state index in [2.05, 4.69) is 4.84 Å². The molecular formula is C13H13NO4. The first-order chi connectivity index (χ1) is 8.68. The van der Waals surface area contributed by atoms with Crippen molar-refractivity contribution in [2.24, 2.45) is 0 Å². The van der Waals surface area contributed by atoms with Crippen LogP contribution in [0.5, 0.6) is 0 Å². The molecule has 0 aliphatic heterocycles. The van der Waals surface area contributed by atoms with Crippen molar-refractivity contribution in [1.29, 1.82) is 0 Å². The summed E-state index contributed by atoms with van der Waals surface area (Å²) in [5.74, 6) is 0. The molecule has 18 heavy (non-hydrogen) atoms.